The van der Waals surface area contributed by atoms with Crippen LogP contribution < -0.4 is 5.32 Å². The lowest BCUT2D eigenvalue weighted by atomic mass is 9.68. The Kier molecular flexibility index (Phi) is 3.02. The Balaban J connectivity index is 2.24. The molecule has 0 saturated heterocycles. The third-order valence-electron chi connectivity index (χ3n) is 3.25. The number of carbonyl (C=O) groups is 2. The normalized spacial score (nSPS) is 16.8. The zero-order chi connectivity index (χ0) is 13.3. The van der Waals surface area contributed by atoms with E-state index in [1.54, 1.807) is 0 Å². The van der Waals surface area contributed by atoms with Crippen molar-refractivity contribution in [3.05, 3.63) is 29.8 Å². The Morgan fingerprint density at radius 2 is 1.78 bits per heavy atom. The van der Waals surface area contributed by atoms with E-state index in [0.717, 1.165) is 18.2 Å². The molecule has 6 heteroatoms. The smallest absolute Gasteiger partial charge is 0.319 e. The fraction of sp³-hybridized carbons (Fsp3) is 0.333. The highest BCUT2D eigenvalue weighted by molar-refractivity contribution is 6.09. The zero-order valence-electron chi connectivity index (χ0n) is 9.37. The first-order chi connectivity index (χ1) is 8.47. The monoisotopic (exact) mass is 255 g/mol. The fourth-order valence-corrected chi connectivity index (χ4v) is 1.92. The van der Waals surface area contributed by atoms with Crippen molar-refractivity contribution in [3.63, 3.8) is 0 Å². The quantitative estimate of drug-likeness (QED) is 0.813. The molecule has 2 N–H and O–H groups in total. The molecule has 0 bridgehead atoms. The summed E-state index contributed by atoms with van der Waals surface area (Å²) in [6, 6.07) is 3.15. The molecule has 1 saturated carbocycles. The highest BCUT2D eigenvalue weighted by atomic mass is 19.1. The van der Waals surface area contributed by atoms with Crippen molar-refractivity contribution in [2.75, 3.05) is 5.32 Å². The maximum atomic E-state index is 13.3. The van der Waals surface area contributed by atoms with Gasteiger partial charge in [-0.15, -0.1) is 0 Å². The van der Waals surface area contributed by atoms with E-state index in [-0.39, 0.29) is 12.8 Å². The summed E-state index contributed by atoms with van der Waals surface area (Å²) in [4.78, 5) is 22.9. The van der Waals surface area contributed by atoms with Crippen LogP contribution in [0.2, 0.25) is 0 Å². The van der Waals surface area contributed by atoms with Crippen molar-refractivity contribution < 1.29 is 23.5 Å². The second kappa shape index (κ2) is 4.36. The number of amides is 1. The second-order valence-electron chi connectivity index (χ2n) is 4.29. The third-order valence-corrected chi connectivity index (χ3v) is 3.25. The van der Waals surface area contributed by atoms with Gasteiger partial charge in [0.15, 0.2) is 0 Å². The molecule has 1 aromatic rings. The van der Waals surface area contributed by atoms with E-state index < -0.39 is 34.6 Å². The number of carbonyl (C=O) groups excluding carboxylic acids is 1. The average Bonchev–Trinajstić information content (AvgIpc) is 2.21. The van der Waals surface area contributed by atoms with Gasteiger partial charge in [-0.1, -0.05) is 12.5 Å². The SMILES string of the molecule is O=C(O)C1(C(=O)Nc2c(F)cccc2F)CCC1. The standard InChI is InChI=1S/C12H11F2NO3/c13-7-3-1-4-8(14)9(7)15-10(16)12(11(17)18)5-2-6-12/h1,3-4H,2,5-6H2,(H,15,16)(H,17,18). The molecular weight excluding hydrogens is 244 g/mol. The number of carboxylic acids is 1. The van der Waals surface area contributed by atoms with E-state index >= 15 is 0 Å². The van der Waals surface area contributed by atoms with Gasteiger partial charge in [0.2, 0.25) is 5.91 Å². The van der Waals surface area contributed by atoms with E-state index in [0.29, 0.717) is 6.42 Å². The molecule has 4 nitrogen and oxygen atoms in total. The molecule has 0 radical (unpaired) electrons. The van der Waals surface area contributed by atoms with Crippen LogP contribution in [0.3, 0.4) is 0 Å². The predicted molar refractivity (Wildman–Crippen MR) is 58.9 cm³/mol. The largest absolute Gasteiger partial charge is 0.480 e. The van der Waals surface area contributed by atoms with Crippen LogP contribution in [0.15, 0.2) is 18.2 Å². The zero-order valence-corrected chi connectivity index (χ0v) is 9.37. The van der Waals surface area contributed by atoms with E-state index in [1.807, 2.05) is 5.32 Å². The fourth-order valence-electron chi connectivity index (χ4n) is 1.92. The highest BCUT2D eigenvalue weighted by Gasteiger charge is 2.51. The maximum absolute atomic E-state index is 13.3. The second-order valence-corrected chi connectivity index (χ2v) is 4.29. The van der Waals surface area contributed by atoms with Crippen molar-refractivity contribution >= 4 is 17.6 Å². The van der Waals surface area contributed by atoms with Crippen LogP contribution >= 0.6 is 0 Å². The van der Waals surface area contributed by atoms with Gasteiger partial charge in [-0.25, -0.2) is 8.78 Å². The van der Waals surface area contributed by atoms with E-state index in [9.17, 15) is 18.4 Å². The van der Waals surface area contributed by atoms with E-state index in [2.05, 4.69) is 0 Å². The van der Waals surface area contributed by atoms with Crippen molar-refractivity contribution in [1.29, 1.82) is 0 Å². The van der Waals surface area contributed by atoms with Gasteiger partial charge in [0.05, 0.1) is 0 Å². The molecule has 96 valence electrons. The van der Waals surface area contributed by atoms with Crippen LogP contribution in [0, 0.1) is 17.0 Å². The number of para-hydroxylation sites is 1. The summed E-state index contributed by atoms with van der Waals surface area (Å²) >= 11 is 0. The molecule has 1 aromatic carbocycles. The summed E-state index contributed by atoms with van der Waals surface area (Å²) in [5.41, 5.74) is -2.15. The van der Waals surface area contributed by atoms with Gasteiger partial charge in [0.25, 0.3) is 0 Å². The maximum Gasteiger partial charge on any atom is 0.319 e. The highest BCUT2D eigenvalue weighted by Crippen LogP contribution is 2.42. The number of nitrogens with one attached hydrogen (secondary N) is 1. The Morgan fingerprint density at radius 1 is 1.22 bits per heavy atom. The summed E-state index contributed by atoms with van der Waals surface area (Å²) < 4.78 is 26.6. The summed E-state index contributed by atoms with van der Waals surface area (Å²) in [6.45, 7) is 0. The number of halogens is 2. The van der Waals surface area contributed by atoms with Crippen LogP contribution in [0.1, 0.15) is 19.3 Å². The van der Waals surface area contributed by atoms with Gasteiger partial charge < -0.3 is 10.4 Å². The molecular formula is C12H11F2NO3. The average molecular weight is 255 g/mol. The molecule has 0 unspecified atom stereocenters. The lowest BCUT2D eigenvalue weighted by Gasteiger charge is -2.35. The van der Waals surface area contributed by atoms with E-state index in [4.69, 9.17) is 5.11 Å². The van der Waals surface area contributed by atoms with Crippen LogP contribution in [0.5, 0.6) is 0 Å². The number of hydrogen-bond acceptors (Lipinski definition) is 2. The molecule has 0 atom stereocenters. The Labute approximate surface area is 102 Å². The number of anilines is 1. The molecule has 18 heavy (non-hydrogen) atoms. The van der Waals surface area contributed by atoms with E-state index in [1.165, 1.54) is 0 Å². The summed E-state index contributed by atoms with van der Waals surface area (Å²) in [5.74, 6) is -3.99. The molecule has 1 fully saturated rings. The summed E-state index contributed by atoms with van der Waals surface area (Å²) in [6.07, 6.45) is 0.980. The van der Waals surface area contributed by atoms with Crippen molar-refractivity contribution in [1.82, 2.24) is 0 Å². The predicted octanol–water partition coefficient (Wildman–Crippen LogP) is 2.16. The Hall–Kier alpha value is -1.98. The molecule has 1 aliphatic rings. The van der Waals surface area contributed by atoms with Gasteiger partial charge in [-0.3, -0.25) is 9.59 Å². The number of aliphatic carboxylic acids is 1. The first kappa shape index (κ1) is 12.5. The Bertz CT molecular complexity index is 492. The molecule has 0 spiro atoms. The van der Waals surface area contributed by atoms with Gasteiger partial charge in [-0.05, 0) is 25.0 Å². The summed E-state index contributed by atoms with van der Waals surface area (Å²) in [7, 11) is 0. The van der Waals surface area contributed by atoms with Crippen LogP contribution in [-0.4, -0.2) is 17.0 Å². The minimum Gasteiger partial charge on any atom is -0.480 e. The first-order valence-electron chi connectivity index (χ1n) is 5.46. The number of hydrogen-bond donors (Lipinski definition) is 2. The van der Waals surface area contributed by atoms with Gasteiger partial charge in [0, 0.05) is 0 Å². The van der Waals surface area contributed by atoms with Gasteiger partial charge in [0.1, 0.15) is 22.7 Å². The van der Waals surface area contributed by atoms with Crippen molar-refractivity contribution in [2.45, 2.75) is 19.3 Å². The molecule has 0 aromatic heterocycles. The number of rotatable bonds is 3. The molecule has 0 aliphatic heterocycles. The van der Waals surface area contributed by atoms with Crippen molar-refractivity contribution in [2.24, 2.45) is 5.41 Å². The minimum atomic E-state index is -1.55. The van der Waals surface area contributed by atoms with Crippen LogP contribution in [-0.2, 0) is 9.59 Å². The van der Waals surface area contributed by atoms with Crippen molar-refractivity contribution in [3.8, 4) is 0 Å². The topological polar surface area (TPSA) is 66.4 Å². The minimum absolute atomic E-state index is 0.185. The Morgan fingerprint density at radius 3 is 2.17 bits per heavy atom. The van der Waals surface area contributed by atoms with Gasteiger partial charge >= 0.3 is 5.97 Å². The molecule has 0 heterocycles. The van der Waals surface area contributed by atoms with Crippen LogP contribution in [0.4, 0.5) is 14.5 Å². The lowest BCUT2D eigenvalue weighted by Crippen LogP contribution is -2.48. The lowest BCUT2D eigenvalue weighted by molar-refractivity contribution is -0.159. The first-order valence-corrected chi connectivity index (χ1v) is 5.46. The molecule has 2 rings (SSSR count). The molecule has 1 aliphatic carbocycles. The molecule has 1 amide bonds. The third kappa shape index (κ3) is 1.83. The number of carboxylic acid groups (broad SMARTS) is 1. The van der Waals surface area contributed by atoms with Gasteiger partial charge in [-0.2, -0.15) is 0 Å². The number of benzene rings is 1. The van der Waals surface area contributed by atoms with Crippen LogP contribution in [0.25, 0.3) is 0 Å². The summed E-state index contributed by atoms with van der Waals surface area (Å²) in [5, 5.41) is 11.1.